The summed E-state index contributed by atoms with van der Waals surface area (Å²) >= 11 is 6.20. The number of aromatic nitrogens is 1. The molecule has 0 saturated carbocycles. The molecule has 0 fully saturated rings. The van der Waals surface area contributed by atoms with Crippen LogP contribution in [0.15, 0.2) is 38.0 Å². The SMILES string of the molecule is Cc1cc(COc2cc3oc(=O)cc(C)c3cc2Cl)on1. The lowest BCUT2D eigenvalue weighted by Crippen LogP contribution is -1.99. The maximum Gasteiger partial charge on any atom is 0.336 e. The molecule has 0 radical (unpaired) electrons. The molecule has 0 aliphatic heterocycles. The lowest BCUT2D eigenvalue weighted by Gasteiger charge is -2.08. The maximum absolute atomic E-state index is 11.4. The average Bonchev–Trinajstić information content (AvgIpc) is 2.83. The third-order valence-corrected chi connectivity index (χ3v) is 3.35. The van der Waals surface area contributed by atoms with E-state index < -0.39 is 5.63 Å². The van der Waals surface area contributed by atoms with E-state index in [9.17, 15) is 4.79 Å². The Morgan fingerprint density at radius 3 is 2.76 bits per heavy atom. The van der Waals surface area contributed by atoms with Crippen LogP contribution in [0, 0.1) is 13.8 Å². The second-order valence-electron chi connectivity index (χ2n) is 4.75. The molecule has 0 atom stereocenters. The molecule has 0 spiro atoms. The monoisotopic (exact) mass is 305 g/mol. The van der Waals surface area contributed by atoms with Crippen molar-refractivity contribution in [2.24, 2.45) is 0 Å². The van der Waals surface area contributed by atoms with Gasteiger partial charge in [0, 0.05) is 23.6 Å². The highest BCUT2D eigenvalue weighted by atomic mass is 35.5. The van der Waals surface area contributed by atoms with E-state index in [1.807, 2.05) is 13.8 Å². The molecule has 2 aromatic heterocycles. The van der Waals surface area contributed by atoms with Gasteiger partial charge in [0.1, 0.15) is 17.9 Å². The normalized spacial score (nSPS) is 11.0. The Morgan fingerprint density at radius 1 is 1.24 bits per heavy atom. The quantitative estimate of drug-likeness (QED) is 0.691. The Balaban J connectivity index is 1.95. The Labute approximate surface area is 125 Å². The first-order valence-electron chi connectivity index (χ1n) is 6.32. The molecule has 0 aliphatic rings. The van der Waals surface area contributed by atoms with Crippen molar-refractivity contribution < 1.29 is 13.7 Å². The van der Waals surface area contributed by atoms with Crippen molar-refractivity contribution in [3.05, 3.63) is 56.7 Å². The minimum atomic E-state index is -0.404. The van der Waals surface area contributed by atoms with Gasteiger partial charge in [0.15, 0.2) is 5.76 Å². The molecule has 108 valence electrons. The predicted octanol–water partition coefficient (Wildman–Crippen LogP) is 3.63. The summed E-state index contributed by atoms with van der Waals surface area (Å²) in [6.07, 6.45) is 0. The second kappa shape index (κ2) is 5.26. The smallest absolute Gasteiger partial charge is 0.336 e. The van der Waals surface area contributed by atoms with Gasteiger partial charge in [-0.25, -0.2) is 4.79 Å². The van der Waals surface area contributed by atoms with Gasteiger partial charge in [-0.3, -0.25) is 0 Å². The third-order valence-electron chi connectivity index (χ3n) is 3.05. The molecule has 3 rings (SSSR count). The summed E-state index contributed by atoms with van der Waals surface area (Å²) < 4.78 is 15.8. The number of nitrogens with zero attached hydrogens (tertiary/aromatic N) is 1. The van der Waals surface area contributed by atoms with Crippen LogP contribution in [0.2, 0.25) is 5.02 Å². The van der Waals surface area contributed by atoms with Gasteiger partial charge in [-0.2, -0.15) is 0 Å². The molecule has 0 amide bonds. The van der Waals surface area contributed by atoms with Crippen molar-refractivity contribution in [1.29, 1.82) is 0 Å². The Kier molecular flexibility index (Phi) is 3.43. The summed E-state index contributed by atoms with van der Waals surface area (Å²) in [5.74, 6) is 1.02. The van der Waals surface area contributed by atoms with E-state index in [2.05, 4.69) is 5.16 Å². The van der Waals surface area contributed by atoms with E-state index in [1.165, 1.54) is 6.07 Å². The Bertz CT molecular complexity index is 866. The first-order valence-corrected chi connectivity index (χ1v) is 6.70. The van der Waals surface area contributed by atoms with Gasteiger partial charge in [0.2, 0.25) is 0 Å². The fourth-order valence-corrected chi connectivity index (χ4v) is 2.28. The summed E-state index contributed by atoms with van der Waals surface area (Å²) in [5, 5.41) is 5.00. The number of hydrogen-bond donors (Lipinski definition) is 0. The molecular formula is C15H12ClNO4. The number of rotatable bonds is 3. The number of fused-ring (bicyclic) bond motifs is 1. The van der Waals surface area contributed by atoms with Crippen LogP contribution >= 0.6 is 11.6 Å². The third kappa shape index (κ3) is 2.78. The molecular weight excluding hydrogens is 294 g/mol. The molecule has 0 aliphatic carbocycles. The largest absolute Gasteiger partial charge is 0.484 e. The van der Waals surface area contributed by atoms with Gasteiger partial charge in [0.25, 0.3) is 0 Å². The number of halogens is 1. The van der Waals surface area contributed by atoms with Crippen molar-refractivity contribution >= 4 is 22.6 Å². The van der Waals surface area contributed by atoms with E-state index in [1.54, 1.807) is 18.2 Å². The van der Waals surface area contributed by atoms with Gasteiger partial charge >= 0.3 is 5.63 Å². The minimum Gasteiger partial charge on any atom is -0.484 e. The second-order valence-corrected chi connectivity index (χ2v) is 5.16. The molecule has 2 heterocycles. The van der Waals surface area contributed by atoms with Gasteiger partial charge in [-0.05, 0) is 25.5 Å². The van der Waals surface area contributed by atoms with Crippen LogP contribution in [-0.2, 0) is 6.61 Å². The number of aryl methyl sites for hydroxylation is 2. The standard InChI is InChI=1S/C15H12ClNO4/c1-8-3-15(18)20-13-6-14(12(16)5-11(8)13)19-7-10-4-9(2)17-21-10/h3-6H,7H2,1-2H3. The Morgan fingerprint density at radius 2 is 2.05 bits per heavy atom. The zero-order valence-electron chi connectivity index (χ0n) is 11.5. The summed E-state index contributed by atoms with van der Waals surface area (Å²) in [7, 11) is 0. The number of hydrogen-bond acceptors (Lipinski definition) is 5. The number of benzene rings is 1. The van der Waals surface area contributed by atoms with Crippen molar-refractivity contribution in [1.82, 2.24) is 5.16 Å². The van der Waals surface area contributed by atoms with Crippen LogP contribution < -0.4 is 10.4 Å². The molecule has 3 aromatic rings. The van der Waals surface area contributed by atoms with Crippen LogP contribution in [0.5, 0.6) is 5.75 Å². The lowest BCUT2D eigenvalue weighted by atomic mass is 10.1. The fourth-order valence-electron chi connectivity index (χ4n) is 2.06. The van der Waals surface area contributed by atoms with E-state index in [0.29, 0.717) is 22.1 Å². The van der Waals surface area contributed by atoms with Gasteiger partial charge in [0.05, 0.1) is 10.7 Å². The first kappa shape index (κ1) is 13.7. The van der Waals surface area contributed by atoms with Gasteiger partial charge in [-0.1, -0.05) is 16.8 Å². The summed E-state index contributed by atoms with van der Waals surface area (Å²) in [6, 6.07) is 6.53. The fraction of sp³-hybridized carbons (Fsp3) is 0.200. The predicted molar refractivity (Wildman–Crippen MR) is 77.8 cm³/mol. The number of ether oxygens (including phenoxy) is 1. The summed E-state index contributed by atoms with van der Waals surface area (Å²) in [5.41, 5.74) is 1.62. The molecule has 21 heavy (non-hydrogen) atoms. The molecule has 1 aromatic carbocycles. The zero-order valence-corrected chi connectivity index (χ0v) is 12.2. The van der Waals surface area contributed by atoms with Crippen LogP contribution in [0.25, 0.3) is 11.0 Å². The van der Waals surface area contributed by atoms with E-state index in [-0.39, 0.29) is 6.61 Å². The zero-order chi connectivity index (χ0) is 15.0. The maximum atomic E-state index is 11.4. The Hall–Kier alpha value is -2.27. The van der Waals surface area contributed by atoms with Crippen molar-refractivity contribution in [3.8, 4) is 5.75 Å². The van der Waals surface area contributed by atoms with E-state index in [4.69, 9.17) is 25.3 Å². The van der Waals surface area contributed by atoms with Crippen molar-refractivity contribution in [3.63, 3.8) is 0 Å². The van der Waals surface area contributed by atoms with E-state index >= 15 is 0 Å². The highest BCUT2D eigenvalue weighted by molar-refractivity contribution is 6.32. The molecule has 0 saturated heterocycles. The van der Waals surface area contributed by atoms with Gasteiger partial charge in [-0.15, -0.1) is 0 Å². The molecule has 0 bridgehead atoms. The molecule has 0 N–H and O–H groups in total. The van der Waals surface area contributed by atoms with Crippen molar-refractivity contribution in [2.75, 3.05) is 0 Å². The molecule has 6 heteroatoms. The van der Waals surface area contributed by atoms with E-state index in [0.717, 1.165) is 16.6 Å². The average molecular weight is 306 g/mol. The van der Waals surface area contributed by atoms with Crippen LogP contribution in [-0.4, -0.2) is 5.16 Å². The van der Waals surface area contributed by atoms with Gasteiger partial charge < -0.3 is 13.7 Å². The minimum absolute atomic E-state index is 0.197. The highest BCUT2D eigenvalue weighted by Crippen LogP contribution is 2.31. The first-order chi connectivity index (χ1) is 10.0. The lowest BCUT2D eigenvalue weighted by molar-refractivity contribution is 0.249. The molecule has 5 nitrogen and oxygen atoms in total. The van der Waals surface area contributed by atoms with Crippen LogP contribution in [0.4, 0.5) is 0 Å². The van der Waals surface area contributed by atoms with Crippen LogP contribution in [0.1, 0.15) is 17.0 Å². The van der Waals surface area contributed by atoms with Crippen LogP contribution in [0.3, 0.4) is 0 Å². The van der Waals surface area contributed by atoms with Crippen molar-refractivity contribution in [2.45, 2.75) is 20.5 Å². The molecule has 0 unspecified atom stereocenters. The summed E-state index contributed by atoms with van der Waals surface area (Å²) in [6.45, 7) is 3.85. The highest BCUT2D eigenvalue weighted by Gasteiger charge is 2.10. The topological polar surface area (TPSA) is 65.5 Å². The summed E-state index contributed by atoms with van der Waals surface area (Å²) in [4.78, 5) is 11.4.